The van der Waals surface area contributed by atoms with Crippen molar-refractivity contribution in [3.05, 3.63) is 29.8 Å². The predicted molar refractivity (Wildman–Crippen MR) is 133 cm³/mol. The first-order chi connectivity index (χ1) is 16.4. The SMILES string of the molecule is FC(F)(F)c1cccc(N2C(=S)C3(CCCCC3)C(N3CCOCC3)C2=NC2CCCCC2)c1. The highest BCUT2D eigenvalue weighted by Gasteiger charge is 2.57. The zero-order chi connectivity index (χ0) is 23.8. The minimum absolute atomic E-state index is 0.000620. The molecule has 0 radical (unpaired) electrons. The average Bonchev–Trinajstić information content (AvgIpc) is 3.07. The van der Waals surface area contributed by atoms with Gasteiger partial charge in [0, 0.05) is 24.2 Å². The molecule has 2 aliphatic carbocycles. The van der Waals surface area contributed by atoms with E-state index in [0.29, 0.717) is 18.9 Å². The van der Waals surface area contributed by atoms with E-state index in [1.54, 1.807) is 6.07 Å². The number of alkyl halides is 3. The smallest absolute Gasteiger partial charge is 0.379 e. The van der Waals surface area contributed by atoms with Crippen LogP contribution in [-0.4, -0.2) is 54.1 Å². The number of anilines is 1. The van der Waals surface area contributed by atoms with Gasteiger partial charge in [-0.1, -0.05) is 56.8 Å². The maximum absolute atomic E-state index is 13.6. The van der Waals surface area contributed by atoms with E-state index >= 15 is 0 Å². The third kappa shape index (κ3) is 4.53. The largest absolute Gasteiger partial charge is 0.416 e. The molecular formula is C26H34F3N3OS. The topological polar surface area (TPSA) is 28.1 Å². The van der Waals surface area contributed by atoms with Crippen molar-refractivity contribution >= 4 is 28.7 Å². The third-order valence-electron chi connectivity index (χ3n) is 8.10. The molecule has 0 N–H and O–H groups in total. The fraction of sp³-hybridized carbons (Fsp3) is 0.692. The van der Waals surface area contributed by atoms with E-state index in [1.807, 2.05) is 4.90 Å². The van der Waals surface area contributed by atoms with Gasteiger partial charge in [-0.25, -0.2) is 0 Å². The number of hydrogen-bond acceptors (Lipinski definition) is 4. The Labute approximate surface area is 205 Å². The van der Waals surface area contributed by atoms with Gasteiger partial charge in [-0.3, -0.25) is 14.8 Å². The van der Waals surface area contributed by atoms with Gasteiger partial charge in [0.05, 0.1) is 35.8 Å². The fourth-order valence-electron chi connectivity index (χ4n) is 6.43. The fourth-order valence-corrected chi connectivity index (χ4v) is 6.94. The van der Waals surface area contributed by atoms with Crippen molar-refractivity contribution in [1.82, 2.24) is 4.90 Å². The Morgan fingerprint density at radius 3 is 2.32 bits per heavy atom. The summed E-state index contributed by atoms with van der Waals surface area (Å²) in [5.74, 6) is 0.875. The lowest BCUT2D eigenvalue weighted by Gasteiger charge is -2.44. The summed E-state index contributed by atoms with van der Waals surface area (Å²) in [7, 11) is 0. The van der Waals surface area contributed by atoms with Crippen LogP contribution in [0.4, 0.5) is 18.9 Å². The first kappa shape index (κ1) is 24.2. The summed E-state index contributed by atoms with van der Waals surface area (Å²) < 4.78 is 46.6. The third-order valence-corrected chi connectivity index (χ3v) is 8.69. The number of benzene rings is 1. The number of thiocarbonyl (C=S) groups is 1. The first-order valence-electron chi connectivity index (χ1n) is 12.8. The van der Waals surface area contributed by atoms with Crippen molar-refractivity contribution in [2.45, 2.75) is 82.5 Å². The molecule has 0 bridgehead atoms. The van der Waals surface area contributed by atoms with Crippen molar-refractivity contribution in [3.8, 4) is 0 Å². The number of morpholine rings is 1. The molecule has 5 rings (SSSR count). The first-order valence-corrected chi connectivity index (χ1v) is 13.2. The van der Waals surface area contributed by atoms with E-state index in [9.17, 15) is 13.2 Å². The molecule has 4 aliphatic rings. The molecule has 4 fully saturated rings. The second kappa shape index (κ2) is 9.86. The number of rotatable bonds is 3. The average molecular weight is 494 g/mol. The van der Waals surface area contributed by atoms with Crippen LogP contribution in [0.25, 0.3) is 0 Å². The minimum atomic E-state index is -4.40. The highest BCUT2D eigenvalue weighted by molar-refractivity contribution is 7.80. The van der Waals surface area contributed by atoms with Crippen molar-refractivity contribution < 1.29 is 17.9 Å². The van der Waals surface area contributed by atoms with Gasteiger partial charge in [-0.2, -0.15) is 13.2 Å². The molecule has 2 saturated heterocycles. The van der Waals surface area contributed by atoms with Crippen LogP contribution in [0.15, 0.2) is 29.3 Å². The number of nitrogens with zero attached hydrogens (tertiary/aromatic N) is 3. The summed E-state index contributed by atoms with van der Waals surface area (Å²) in [5, 5.41) is 0. The molecule has 1 unspecified atom stereocenters. The molecule has 0 amide bonds. The molecule has 1 spiro atoms. The molecular weight excluding hydrogens is 459 g/mol. The molecule has 2 saturated carbocycles. The van der Waals surface area contributed by atoms with Crippen LogP contribution in [0.1, 0.15) is 69.8 Å². The second-order valence-electron chi connectivity index (χ2n) is 10.2. The standard InChI is InChI=1S/C26H34F3N3OS/c27-26(28,29)19-8-7-11-21(18-19)32-23(30-20-9-3-1-4-10-20)22(31-14-16-33-17-15-31)25(24(32)34)12-5-2-6-13-25/h7-8,11,18,20,22H,1-6,9-10,12-17H2. The zero-order valence-electron chi connectivity index (χ0n) is 19.7. The molecule has 2 aliphatic heterocycles. The molecule has 0 aromatic heterocycles. The summed E-state index contributed by atoms with van der Waals surface area (Å²) >= 11 is 6.19. The Kier molecular flexibility index (Phi) is 7.02. The van der Waals surface area contributed by atoms with Gasteiger partial charge in [0.1, 0.15) is 5.84 Å². The van der Waals surface area contributed by atoms with E-state index in [-0.39, 0.29) is 17.5 Å². The van der Waals surface area contributed by atoms with Crippen molar-refractivity contribution in [2.24, 2.45) is 10.4 Å². The predicted octanol–water partition coefficient (Wildman–Crippen LogP) is 6.24. The van der Waals surface area contributed by atoms with Gasteiger partial charge < -0.3 is 4.74 Å². The molecule has 1 aromatic rings. The normalized spacial score (nSPS) is 28.2. The highest BCUT2D eigenvalue weighted by Crippen LogP contribution is 2.50. The quantitative estimate of drug-likeness (QED) is 0.466. The molecule has 4 nitrogen and oxygen atoms in total. The Balaban J connectivity index is 1.63. The molecule has 8 heteroatoms. The maximum Gasteiger partial charge on any atom is 0.416 e. The van der Waals surface area contributed by atoms with E-state index in [1.165, 1.54) is 25.0 Å². The Morgan fingerprint density at radius 1 is 0.971 bits per heavy atom. The number of ether oxygens (including phenoxy) is 1. The van der Waals surface area contributed by atoms with Gasteiger partial charge in [-0.15, -0.1) is 0 Å². The lowest BCUT2D eigenvalue weighted by Crippen LogP contribution is -2.54. The lowest BCUT2D eigenvalue weighted by molar-refractivity contribution is -0.137. The zero-order valence-corrected chi connectivity index (χ0v) is 20.5. The number of aliphatic imine (C=N–C) groups is 1. The Bertz CT molecular complexity index is 916. The van der Waals surface area contributed by atoms with Crippen LogP contribution in [-0.2, 0) is 10.9 Å². The van der Waals surface area contributed by atoms with Crippen molar-refractivity contribution in [2.75, 3.05) is 31.2 Å². The van der Waals surface area contributed by atoms with Crippen LogP contribution >= 0.6 is 12.2 Å². The second-order valence-corrected chi connectivity index (χ2v) is 10.6. The summed E-state index contributed by atoms with van der Waals surface area (Å²) in [6.07, 6.45) is 6.51. The lowest BCUT2D eigenvalue weighted by atomic mass is 9.70. The Morgan fingerprint density at radius 2 is 1.65 bits per heavy atom. The van der Waals surface area contributed by atoms with Crippen LogP contribution in [0.2, 0.25) is 0 Å². The van der Waals surface area contributed by atoms with Crippen LogP contribution in [0.3, 0.4) is 0 Å². The van der Waals surface area contributed by atoms with E-state index in [0.717, 1.165) is 81.3 Å². The van der Waals surface area contributed by atoms with E-state index in [2.05, 4.69) is 4.90 Å². The van der Waals surface area contributed by atoms with Gasteiger partial charge in [0.2, 0.25) is 0 Å². The summed E-state index contributed by atoms with van der Waals surface area (Å²) in [6.45, 7) is 2.93. The summed E-state index contributed by atoms with van der Waals surface area (Å²) in [6, 6.07) is 5.85. The number of amidine groups is 1. The summed E-state index contributed by atoms with van der Waals surface area (Å²) in [4.78, 5) is 10.5. The van der Waals surface area contributed by atoms with Gasteiger partial charge in [0.25, 0.3) is 0 Å². The van der Waals surface area contributed by atoms with Crippen molar-refractivity contribution in [3.63, 3.8) is 0 Å². The van der Waals surface area contributed by atoms with Gasteiger partial charge in [0.15, 0.2) is 0 Å². The van der Waals surface area contributed by atoms with E-state index < -0.39 is 11.7 Å². The van der Waals surface area contributed by atoms with Crippen LogP contribution in [0, 0.1) is 5.41 Å². The molecule has 34 heavy (non-hydrogen) atoms. The minimum Gasteiger partial charge on any atom is -0.379 e. The monoisotopic (exact) mass is 493 g/mol. The van der Waals surface area contributed by atoms with Gasteiger partial charge >= 0.3 is 6.18 Å². The number of hydrogen-bond donors (Lipinski definition) is 0. The molecule has 186 valence electrons. The van der Waals surface area contributed by atoms with Crippen LogP contribution in [0.5, 0.6) is 0 Å². The Hall–Kier alpha value is -1.51. The van der Waals surface area contributed by atoms with Gasteiger partial charge in [-0.05, 0) is 43.9 Å². The van der Waals surface area contributed by atoms with Crippen LogP contribution < -0.4 is 4.90 Å². The highest BCUT2D eigenvalue weighted by atomic mass is 32.1. The van der Waals surface area contributed by atoms with Crippen molar-refractivity contribution in [1.29, 1.82) is 0 Å². The molecule has 1 atom stereocenters. The molecule has 2 heterocycles. The molecule has 1 aromatic carbocycles. The summed E-state index contributed by atoms with van der Waals surface area (Å²) in [5.41, 5.74) is -0.403. The number of halogens is 3. The maximum atomic E-state index is 13.6. The van der Waals surface area contributed by atoms with E-state index in [4.69, 9.17) is 21.9 Å².